The average molecular weight is 283 g/mol. The summed E-state index contributed by atoms with van der Waals surface area (Å²) in [6.07, 6.45) is 0.772. The van der Waals surface area contributed by atoms with Gasteiger partial charge in [-0.3, -0.25) is 11.3 Å². The fourth-order valence-electron chi connectivity index (χ4n) is 1.86. The molecule has 0 aliphatic heterocycles. The summed E-state index contributed by atoms with van der Waals surface area (Å²) >= 11 is 7.61. The fourth-order valence-corrected chi connectivity index (χ4v) is 2.99. The van der Waals surface area contributed by atoms with Crippen molar-refractivity contribution in [2.45, 2.75) is 12.5 Å². The molecule has 0 bridgehead atoms. The van der Waals surface area contributed by atoms with Crippen LogP contribution in [0.5, 0.6) is 5.75 Å². The number of hydrazine groups is 1. The van der Waals surface area contributed by atoms with Crippen molar-refractivity contribution >= 4 is 22.9 Å². The first-order valence-electron chi connectivity index (χ1n) is 5.56. The van der Waals surface area contributed by atoms with Crippen LogP contribution in [0.15, 0.2) is 35.7 Å². The van der Waals surface area contributed by atoms with E-state index in [-0.39, 0.29) is 6.04 Å². The highest BCUT2D eigenvalue weighted by atomic mass is 35.5. The van der Waals surface area contributed by atoms with E-state index in [1.54, 1.807) is 18.4 Å². The monoisotopic (exact) mass is 282 g/mol. The van der Waals surface area contributed by atoms with Crippen LogP contribution in [0.2, 0.25) is 5.02 Å². The Kier molecular flexibility index (Phi) is 4.60. The van der Waals surface area contributed by atoms with Gasteiger partial charge in [-0.25, -0.2) is 0 Å². The number of hydrogen-bond donors (Lipinski definition) is 2. The lowest BCUT2D eigenvalue weighted by atomic mass is 10.0. The van der Waals surface area contributed by atoms with Crippen LogP contribution >= 0.6 is 22.9 Å². The number of halogens is 1. The molecule has 0 fully saturated rings. The van der Waals surface area contributed by atoms with Crippen LogP contribution in [0.25, 0.3) is 0 Å². The summed E-state index contributed by atoms with van der Waals surface area (Å²) < 4.78 is 5.32. The zero-order chi connectivity index (χ0) is 13.0. The normalized spacial score (nSPS) is 12.4. The predicted molar refractivity (Wildman–Crippen MR) is 76.1 cm³/mol. The Morgan fingerprint density at radius 1 is 1.44 bits per heavy atom. The summed E-state index contributed by atoms with van der Waals surface area (Å²) in [5, 5.41) is 2.73. The highest BCUT2D eigenvalue weighted by Gasteiger charge is 2.16. The molecule has 2 rings (SSSR count). The Balaban J connectivity index is 2.20. The lowest BCUT2D eigenvalue weighted by Crippen LogP contribution is -2.29. The zero-order valence-corrected chi connectivity index (χ0v) is 11.6. The van der Waals surface area contributed by atoms with Crippen molar-refractivity contribution < 1.29 is 4.74 Å². The van der Waals surface area contributed by atoms with Crippen molar-refractivity contribution in [3.63, 3.8) is 0 Å². The second kappa shape index (κ2) is 6.20. The highest BCUT2D eigenvalue weighted by Crippen LogP contribution is 2.32. The largest absolute Gasteiger partial charge is 0.496 e. The van der Waals surface area contributed by atoms with E-state index in [9.17, 15) is 0 Å². The SMILES string of the molecule is COc1ccsc1C(Cc1cccc(Cl)c1)NN. The number of hydrogen-bond acceptors (Lipinski definition) is 4. The Labute approximate surface area is 116 Å². The molecule has 0 saturated carbocycles. The quantitative estimate of drug-likeness (QED) is 0.654. The first-order valence-corrected chi connectivity index (χ1v) is 6.82. The minimum atomic E-state index is 0.0263. The Bertz CT molecular complexity index is 515. The second-order valence-electron chi connectivity index (χ2n) is 3.91. The standard InChI is InChI=1S/C13H15ClN2OS/c1-17-12-5-6-18-13(12)11(16-15)8-9-3-2-4-10(14)7-9/h2-7,11,16H,8,15H2,1H3. The lowest BCUT2D eigenvalue weighted by Gasteiger charge is -2.16. The molecule has 96 valence electrons. The lowest BCUT2D eigenvalue weighted by molar-refractivity contribution is 0.403. The smallest absolute Gasteiger partial charge is 0.134 e. The molecule has 1 unspecified atom stereocenters. The molecule has 1 heterocycles. The van der Waals surface area contributed by atoms with Crippen molar-refractivity contribution in [1.82, 2.24) is 5.43 Å². The van der Waals surface area contributed by atoms with Crippen LogP contribution < -0.4 is 16.0 Å². The molecular formula is C13H15ClN2OS. The van der Waals surface area contributed by atoms with E-state index in [4.69, 9.17) is 22.2 Å². The molecule has 3 N–H and O–H groups in total. The molecule has 0 radical (unpaired) electrons. The van der Waals surface area contributed by atoms with Gasteiger partial charge in [-0.15, -0.1) is 11.3 Å². The van der Waals surface area contributed by atoms with Crippen molar-refractivity contribution in [3.05, 3.63) is 51.2 Å². The van der Waals surface area contributed by atoms with Gasteiger partial charge < -0.3 is 4.74 Å². The maximum atomic E-state index is 5.98. The molecule has 0 spiro atoms. The van der Waals surface area contributed by atoms with Crippen molar-refractivity contribution in [3.8, 4) is 5.75 Å². The van der Waals surface area contributed by atoms with Crippen molar-refractivity contribution in [2.75, 3.05) is 7.11 Å². The highest BCUT2D eigenvalue weighted by molar-refractivity contribution is 7.10. The van der Waals surface area contributed by atoms with E-state index < -0.39 is 0 Å². The summed E-state index contributed by atoms with van der Waals surface area (Å²) in [4.78, 5) is 1.10. The number of methoxy groups -OCH3 is 1. The number of nitrogens with one attached hydrogen (secondary N) is 1. The van der Waals surface area contributed by atoms with Gasteiger partial charge in [0.2, 0.25) is 0 Å². The fraction of sp³-hybridized carbons (Fsp3) is 0.231. The van der Waals surface area contributed by atoms with Crippen LogP contribution in [-0.2, 0) is 6.42 Å². The van der Waals surface area contributed by atoms with Gasteiger partial charge in [0, 0.05) is 5.02 Å². The van der Waals surface area contributed by atoms with E-state index in [1.807, 2.05) is 35.7 Å². The molecule has 1 aromatic carbocycles. The van der Waals surface area contributed by atoms with E-state index in [0.29, 0.717) is 0 Å². The van der Waals surface area contributed by atoms with Crippen LogP contribution in [-0.4, -0.2) is 7.11 Å². The summed E-state index contributed by atoms with van der Waals surface area (Å²) in [7, 11) is 1.67. The number of ether oxygens (including phenoxy) is 1. The molecule has 0 amide bonds. The molecule has 18 heavy (non-hydrogen) atoms. The first kappa shape index (κ1) is 13.4. The van der Waals surface area contributed by atoms with Gasteiger partial charge in [0.25, 0.3) is 0 Å². The number of thiophene rings is 1. The van der Waals surface area contributed by atoms with Crippen molar-refractivity contribution in [2.24, 2.45) is 5.84 Å². The third kappa shape index (κ3) is 3.03. The van der Waals surface area contributed by atoms with Gasteiger partial charge in [-0.2, -0.15) is 0 Å². The minimum absolute atomic E-state index is 0.0263. The summed E-state index contributed by atoms with van der Waals surface area (Å²) in [6, 6.07) is 9.77. The average Bonchev–Trinajstić information content (AvgIpc) is 2.84. The van der Waals surface area contributed by atoms with Crippen molar-refractivity contribution in [1.29, 1.82) is 0 Å². The number of nitrogens with two attached hydrogens (primary N) is 1. The Morgan fingerprint density at radius 2 is 2.28 bits per heavy atom. The zero-order valence-electron chi connectivity index (χ0n) is 10.0. The predicted octanol–water partition coefficient (Wildman–Crippen LogP) is 3.16. The third-order valence-corrected chi connectivity index (χ3v) is 3.97. The minimum Gasteiger partial charge on any atom is -0.496 e. The first-order chi connectivity index (χ1) is 8.74. The third-order valence-electron chi connectivity index (χ3n) is 2.72. The second-order valence-corrected chi connectivity index (χ2v) is 5.29. The number of rotatable bonds is 5. The van der Waals surface area contributed by atoms with E-state index in [0.717, 1.165) is 27.6 Å². The van der Waals surface area contributed by atoms with E-state index in [2.05, 4.69) is 5.43 Å². The molecule has 1 aromatic heterocycles. The topological polar surface area (TPSA) is 47.3 Å². The maximum Gasteiger partial charge on any atom is 0.134 e. The van der Waals surface area contributed by atoms with Gasteiger partial charge in [-0.05, 0) is 35.6 Å². The van der Waals surface area contributed by atoms with Gasteiger partial charge in [0.1, 0.15) is 5.75 Å². The molecule has 5 heteroatoms. The summed E-state index contributed by atoms with van der Waals surface area (Å²) in [5.74, 6) is 6.51. The van der Waals surface area contributed by atoms with Gasteiger partial charge >= 0.3 is 0 Å². The molecule has 1 atom stereocenters. The molecule has 0 saturated heterocycles. The van der Waals surface area contributed by atoms with Crippen LogP contribution in [0.4, 0.5) is 0 Å². The molecule has 2 aromatic rings. The maximum absolute atomic E-state index is 5.98. The molecular weight excluding hydrogens is 268 g/mol. The van der Waals surface area contributed by atoms with Gasteiger partial charge in [0.05, 0.1) is 18.0 Å². The molecule has 0 aliphatic carbocycles. The number of benzene rings is 1. The van der Waals surface area contributed by atoms with E-state index in [1.165, 1.54) is 0 Å². The Morgan fingerprint density at radius 3 is 2.94 bits per heavy atom. The molecule has 3 nitrogen and oxygen atoms in total. The van der Waals surface area contributed by atoms with Crippen LogP contribution in [0.3, 0.4) is 0 Å². The molecule has 0 aliphatic rings. The summed E-state index contributed by atoms with van der Waals surface area (Å²) in [6.45, 7) is 0. The summed E-state index contributed by atoms with van der Waals surface area (Å²) in [5.41, 5.74) is 3.97. The van der Waals surface area contributed by atoms with E-state index >= 15 is 0 Å². The van der Waals surface area contributed by atoms with Gasteiger partial charge in [-0.1, -0.05) is 23.7 Å². The van der Waals surface area contributed by atoms with Gasteiger partial charge in [0.15, 0.2) is 0 Å². The van der Waals surface area contributed by atoms with Crippen LogP contribution in [0.1, 0.15) is 16.5 Å². The Hall–Kier alpha value is -1.07. The van der Waals surface area contributed by atoms with Crippen LogP contribution in [0, 0.1) is 0 Å².